The average molecular weight is 301 g/mol. The van der Waals surface area contributed by atoms with Crippen molar-refractivity contribution in [3.63, 3.8) is 0 Å². The summed E-state index contributed by atoms with van der Waals surface area (Å²) in [5.41, 5.74) is 1.24. The van der Waals surface area contributed by atoms with Crippen LogP contribution in [0.5, 0.6) is 0 Å². The first kappa shape index (κ1) is 14.9. The maximum Gasteiger partial charge on any atom is 0.0739 e. The molecule has 0 bridgehead atoms. The lowest BCUT2D eigenvalue weighted by Crippen LogP contribution is -2.34. The van der Waals surface area contributed by atoms with Gasteiger partial charge in [-0.2, -0.15) is 11.8 Å². The van der Waals surface area contributed by atoms with Gasteiger partial charge in [-0.05, 0) is 42.0 Å². The summed E-state index contributed by atoms with van der Waals surface area (Å²) >= 11 is 1.93. The van der Waals surface area contributed by atoms with Crippen molar-refractivity contribution in [1.29, 1.82) is 0 Å². The van der Waals surface area contributed by atoms with E-state index < -0.39 is 0 Å². The molecule has 0 aromatic heterocycles. The third-order valence-electron chi connectivity index (χ3n) is 4.38. The van der Waals surface area contributed by atoms with Gasteiger partial charge in [-0.25, -0.2) is 0 Å². The minimum atomic E-state index is -0.272. The smallest absolute Gasteiger partial charge is 0.0739 e. The van der Waals surface area contributed by atoms with Gasteiger partial charge < -0.3 is 10.4 Å². The Balaban J connectivity index is 1.90. The number of fused-ring (bicyclic) bond motifs is 1. The van der Waals surface area contributed by atoms with E-state index in [9.17, 15) is 5.11 Å². The number of likely N-dealkylation sites (N-methyl/N-ethyl adjacent to an activating group) is 1. The lowest BCUT2D eigenvalue weighted by atomic mass is 9.89. The molecule has 0 radical (unpaired) electrons. The molecule has 1 fully saturated rings. The monoisotopic (exact) mass is 301 g/mol. The van der Waals surface area contributed by atoms with Crippen LogP contribution >= 0.6 is 11.8 Å². The molecule has 2 aromatic carbocycles. The summed E-state index contributed by atoms with van der Waals surface area (Å²) in [5.74, 6) is 1.35. The van der Waals surface area contributed by atoms with E-state index in [4.69, 9.17) is 0 Å². The number of rotatable bonds is 5. The third-order valence-corrected chi connectivity index (χ3v) is 5.85. The first-order valence-electron chi connectivity index (χ1n) is 7.72. The van der Waals surface area contributed by atoms with E-state index in [0.717, 1.165) is 13.0 Å². The van der Waals surface area contributed by atoms with Crippen LogP contribution in [0.25, 0.3) is 10.8 Å². The molecule has 1 aliphatic heterocycles. The molecule has 2 aromatic rings. The zero-order chi connectivity index (χ0) is 14.7. The van der Waals surface area contributed by atoms with Gasteiger partial charge in [0, 0.05) is 17.7 Å². The normalized spacial score (nSPS) is 21.5. The van der Waals surface area contributed by atoms with Gasteiger partial charge in [0.05, 0.1) is 6.10 Å². The van der Waals surface area contributed by atoms with Crippen molar-refractivity contribution in [3.05, 3.63) is 48.0 Å². The largest absolute Gasteiger partial charge is 0.391 e. The predicted molar refractivity (Wildman–Crippen MR) is 92.1 cm³/mol. The average Bonchev–Trinajstić information content (AvgIpc) is 3.06. The first-order valence-corrected chi connectivity index (χ1v) is 8.77. The Kier molecular flexibility index (Phi) is 4.84. The number of hydrogen-bond acceptors (Lipinski definition) is 3. The fourth-order valence-corrected chi connectivity index (χ4v) is 4.58. The minimum Gasteiger partial charge on any atom is -0.391 e. The molecule has 112 valence electrons. The molecular weight excluding hydrogens is 278 g/mol. The van der Waals surface area contributed by atoms with Crippen LogP contribution in [0.3, 0.4) is 0 Å². The minimum absolute atomic E-state index is 0.162. The Morgan fingerprint density at radius 3 is 2.76 bits per heavy atom. The Morgan fingerprint density at radius 1 is 1.24 bits per heavy atom. The van der Waals surface area contributed by atoms with Crippen LogP contribution in [0.15, 0.2) is 42.5 Å². The molecule has 3 atom stereocenters. The van der Waals surface area contributed by atoms with Crippen LogP contribution in [0.4, 0.5) is 0 Å². The maximum absolute atomic E-state index is 10.8. The van der Waals surface area contributed by atoms with Crippen molar-refractivity contribution in [2.45, 2.75) is 30.1 Å². The van der Waals surface area contributed by atoms with Crippen molar-refractivity contribution in [2.24, 2.45) is 0 Å². The van der Waals surface area contributed by atoms with E-state index in [1.54, 1.807) is 0 Å². The molecule has 1 aliphatic rings. The molecule has 1 unspecified atom stereocenters. The number of aliphatic hydroxyl groups is 1. The van der Waals surface area contributed by atoms with E-state index in [1.165, 1.54) is 28.5 Å². The quantitative estimate of drug-likeness (QED) is 0.888. The van der Waals surface area contributed by atoms with Crippen molar-refractivity contribution in [3.8, 4) is 0 Å². The van der Waals surface area contributed by atoms with Crippen LogP contribution in [0.1, 0.15) is 24.3 Å². The van der Waals surface area contributed by atoms with Gasteiger partial charge in [0.15, 0.2) is 0 Å². The van der Waals surface area contributed by atoms with E-state index in [2.05, 4.69) is 47.8 Å². The first-order chi connectivity index (χ1) is 10.3. The summed E-state index contributed by atoms with van der Waals surface area (Å²) in [5, 5.41) is 16.9. The number of thioether (sulfide) groups is 1. The third kappa shape index (κ3) is 3.25. The van der Waals surface area contributed by atoms with Crippen LogP contribution < -0.4 is 5.32 Å². The van der Waals surface area contributed by atoms with E-state index in [0.29, 0.717) is 5.25 Å². The van der Waals surface area contributed by atoms with Crippen molar-refractivity contribution < 1.29 is 5.11 Å². The number of nitrogens with one attached hydrogen (secondary N) is 1. The molecule has 21 heavy (non-hydrogen) atoms. The number of aliphatic hydroxyl groups excluding tert-OH is 1. The summed E-state index contributed by atoms with van der Waals surface area (Å²) in [6.07, 6.45) is 2.10. The molecule has 2 nitrogen and oxygen atoms in total. The van der Waals surface area contributed by atoms with Gasteiger partial charge in [0.1, 0.15) is 0 Å². The highest BCUT2D eigenvalue weighted by Crippen LogP contribution is 2.35. The second-order valence-corrected chi connectivity index (χ2v) is 7.16. The second-order valence-electron chi connectivity index (χ2n) is 5.81. The molecular formula is C18H23NOS. The van der Waals surface area contributed by atoms with Gasteiger partial charge in [0.2, 0.25) is 0 Å². The Morgan fingerprint density at radius 2 is 2.05 bits per heavy atom. The standard InChI is InChI=1S/C18H23NOS/c1-19-12-16(18(20)17-7-4-10-21-17)15-9-8-13-5-2-3-6-14(13)11-15/h2-3,5-6,8-9,11,16-20H,4,7,10,12H2,1H3/t16-,17?,18+/m0/s1. The molecule has 0 amide bonds. The lowest BCUT2D eigenvalue weighted by Gasteiger charge is -2.27. The van der Waals surface area contributed by atoms with Gasteiger partial charge >= 0.3 is 0 Å². The summed E-state index contributed by atoms with van der Waals surface area (Å²) < 4.78 is 0. The van der Waals surface area contributed by atoms with Gasteiger partial charge in [-0.15, -0.1) is 0 Å². The summed E-state index contributed by atoms with van der Waals surface area (Å²) in [7, 11) is 1.96. The predicted octanol–water partition coefficient (Wildman–Crippen LogP) is 3.40. The van der Waals surface area contributed by atoms with E-state index in [1.807, 2.05) is 18.8 Å². The van der Waals surface area contributed by atoms with Gasteiger partial charge in [-0.1, -0.05) is 42.5 Å². The fourth-order valence-electron chi connectivity index (χ4n) is 3.23. The molecule has 2 N–H and O–H groups in total. The second kappa shape index (κ2) is 6.82. The molecule has 0 spiro atoms. The SMILES string of the molecule is CNC[C@@H](c1ccc2ccccc2c1)[C@@H](O)C1CCCS1. The molecule has 0 saturated carbocycles. The highest BCUT2D eigenvalue weighted by atomic mass is 32.2. The maximum atomic E-state index is 10.8. The number of benzene rings is 2. The van der Waals surface area contributed by atoms with Crippen LogP contribution in [-0.4, -0.2) is 35.8 Å². The number of hydrogen-bond donors (Lipinski definition) is 2. The molecule has 3 heteroatoms. The highest BCUT2D eigenvalue weighted by molar-refractivity contribution is 8.00. The molecule has 3 rings (SSSR count). The molecule has 1 saturated heterocycles. The highest BCUT2D eigenvalue weighted by Gasteiger charge is 2.31. The van der Waals surface area contributed by atoms with Crippen molar-refractivity contribution in [1.82, 2.24) is 5.32 Å². The van der Waals surface area contributed by atoms with Crippen molar-refractivity contribution >= 4 is 22.5 Å². The Bertz CT molecular complexity index is 595. The molecule has 0 aliphatic carbocycles. The van der Waals surface area contributed by atoms with Crippen LogP contribution in [-0.2, 0) is 0 Å². The van der Waals surface area contributed by atoms with Crippen LogP contribution in [0.2, 0.25) is 0 Å². The summed E-state index contributed by atoms with van der Waals surface area (Å²) in [6.45, 7) is 0.816. The fraction of sp³-hybridized carbons (Fsp3) is 0.444. The van der Waals surface area contributed by atoms with Gasteiger partial charge in [0.25, 0.3) is 0 Å². The summed E-state index contributed by atoms with van der Waals surface area (Å²) in [6, 6.07) is 15.0. The summed E-state index contributed by atoms with van der Waals surface area (Å²) in [4.78, 5) is 0. The molecule has 1 heterocycles. The topological polar surface area (TPSA) is 32.3 Å². The van der Waals surface area contributed by atoms with Gasteiger partial charge in [-0.3, -0.25) is 0 Å². The Hall–Kier alpha value is -1.03. The zero-order valence-electron chi connectivity index (χ0n) is 12.5. The lowest BCUT2D eigenvalue weighted by molar-refractivity contribution is 0.138. The zero-order valence-corrected chi connectivity index (χ0v) is 13.3. The van der Waals surface area contributed by atoms with Crippen LogP contribution in [0, 0.1) is 0 Å². The Labute approximate surface area is 130 Å². The van der Waals surface area contributed by atoms with Crippen molar-refractivity contribution in [2.75, 3.05) is 19.3 Å². The van der Waals surface area contributed by atoms with E-state index >= 15 is 0 Å². The van der Waals surface area contributed by atoms with E-state index in [-0.39, 0.29) is 12.0 Å².